The van der Waals surface area contributed by atoms with Crippen molar-refractivity contribution < 1.29 is 14.4 Å². The molecule has 0 N–H and O–H groups in total. The summed E-state index contributed by atoms with van der Waals surface area (Å²) in [5.74, 6) is -0.739. The highest BCUT2D eigenvalue weighted by molar-refractivity contribution is 6.31. The maximum atomic E-state index is 13.9. The molecule has 0 radical (unpaired) electrons. The number of amides is 3. The monoisotopic (exact) mass is 621 g/mol. The minimum Gasteiger partial charge on any atom is -0.274 e. The molecule has 1 fully saturated rings. The van der Waals surface area contributed by atoms with Gasteiger partial charge in [-0.3, -0.25) is 19.3 Å². The molecule has 1 aliphatic carbocycles. The van der Waals surface area contributed by atoms with Gasteiger partial charge in [0.25, 0.3) is 11.8 Å². The summed E-state index contributed by atoms with van der Waals surface area (Å²) in [4.78, 5) is 41.8. The number of hydrazone groups is 1. The van der Waals surface area contributed by atoms with Gasteiger partial charge in [-0.2, -0.15) is 5.10 Å². The number of nitrogens with zero attached hydrogens (tertiary/aromatic N) is 3. The lowest BCUT2D eigenvalue weighted by molar-refractivity contribution is -0.133. The lowest BCUT2D eigenvalue weighted by Gasteiger charge is -2.30. The second kappa shape index (κ2) is 11.7. The van der Waals surface area contributed by atoms with Crippen molar-refractivity contribution in [2.45, 2.75) is 38.1 Å². The zero-order chi connectivity index (χ0) is 30.4. The number of rotatable bonds is 6. The highest BCUT2D eigenvalue weighted by atomic mass is 35.5. The molecule has 2 unspecified atom stereocenters. The molecule has 0 aromatic heterocycles. The summed E-state index contributed by atoms with van der Waals surface area (Å²) in [6.45, 7) is 0.148. The summed E-state index contributed by atoms with van der Waals surface area (Å²) in [6, 6.07) is 26.0. The van der Waals surface area contributed by atoms with Crippen LogP contribution in [0.15, 0.2) is 95.6 Å². The maximum Gasteiger partial charge on any atom is 0.261 e. The topological polar surface area (TPSA) is 70.1 Å². The first-order chi connectivity index (χ1) is 21.4. The van der Waals surface area contributed by atoms with Crippen LogP contribution in [0.3, 0.4) is 0 Å². The number of benzene rings is 4. The van der Waals surface area contributed by atoms with E-state index in [0.717, 1.165) is 47.1 Å². The molecule has 7 rings (SSSR count). The predicted molar refractivity (Wildman–Crippen MR) is 174 cm³/mol. The average Bonchev–Trinajstić information content (AvgIpc) is 3.43. The van der Waals surface area contributed by atoms with Gasteiger partial charge in [-0.05, 0) is 90.2 Å². The molecule has 0 saturated heterocycles. The van der Waals surface area contributed by atoms with Crippen LogP contribution in [0.25, 0.3) is 16.8 Å². The first-order valence-electron chi connectivity index (χ1n) is 14.9. The van der Waals surface area contributed by atoms with E-state index in [1.54, 1.807) is 17.1 Å². The zero-order valence-electron chi connectivity index (χ0n) is 23.9. The largest absolute Gasteiger partial charge is 0.274 e. The van der Waals surface area contributed by atoms with Crippen molar-refractivity contribution in [3.63, 3.8) is 0 Å². The number of carbonyl (C=O) groups excluding carboxylic acids is 3. The van der Waals surface area contributed by atoms with Crippen molar-refractivity contribution in [2.24, 2.45) is 11.0 Å². The highest BCUT2D eigenvalue weighted by Gasteiger charge is 2.43. The van der Waals surface area contributed by atoms with Crippen LogP contribution in [0.2, 0.25) is 10.0 Å². The molecule has 4 aromatic rings. The fourth-order valence-electron chi connectivity index (χ4n) is 6.75. The molecule has 2 atom stereocenters. The molecule has 6 nitrogen and oxygen atoms in total. The number of imide groups is 1. The van der Waals surface area contributed by atoms with Gasteiger partial charge in [0.05, 0.1) is 11.8 Å². The fourth-order valence-corrected chi connectivity index (χ4v) is 7.00. The highest BCUT2D eigenvalue weighted by Crippen LogP contribution is 2.45. The van der Waals surface area contributed by atoms with E-state index in [9.17, 15) is 14.4 Å². The van der Waals surface area contributed by atoms with Crippen LogP contribution < -0.4 is 0 Å². The van der Waals surface area contributed by atoms with Crippen molar-refractivity contribution in [2.75, 3.05) is 6.54 Å². The average molecular weight is 623 g/mol. The molecular weight excluding hydrogens is 593 g/mol. The van der Waals surface area contributed by atoms with Gasteiger partial charge in [0, 0.05) is 45.4 Å². The summed E-state index contributed by atoms with van der Waals surface area (Å²) in [7, 11) is 0. The lowest BCUT2D eigenvalue weighted by atomic mass is 9.77. The second-order valence-electron chi connectivity index (χ2n) is 11.5. The van der Waals surface area contributed by atoms with Crippen LogP contribution in [0.5, 0.6) is 0 Å². The molecule has 0 bridgehead atoms. The van der Waals surface area contributed by atoms with Crippen LogP contribution in [-0.4, -0.2) is 39.9 Å². The molecule has 3 aliphatic rings. The van der Waals surface area contributed by atoms with Gasteiger partial charge in [0.15, 0.2) is 0 Å². The lowest BCUT2D eigenvalue weighted by Crippen LogP contribution is -2.41. The Kier molecular flexibility index (Phi) is 7.57. The first kappa shape index (κ1) is 28.5. The Balaban J connectivity index is 1.13. The third-order valence-corrected chi connectivity index (χ3v) is 9.31. The number of fused-ring (bicyclic) bond motifs is 1. The molecule has 3 amide bonds. The minimum atomic E-state index is -0.324. The molecule has 2 aliphatic heterocycles. The number of carbonyl (C=O) groups is 3. The van der Waals surface area contributed by atoms with Gasteiger partial charge in [-0.15, -0.1) is 0 Å². The molecular formula is C36H29Cl2N3O3. The van der Waals surface area contributed by atoms with Crippen molar-refractivity contribution >= 4 is 63.5 Å². The van der Waals surface area contributed by atoms with Crippen molar-refractivity contribution in [3.8, 4) is 0 Å². The maximum absolute atomic E-state index is 13.9. The third kappa shape index (κ3) is 5.12. The minimum absolute atomic E-state index is 0.0506. The predicted octanol–water partition coefficient (Wildman–Crippen LogP) is 8.35. The number of halogens is 2. The Morgan fingerprint density at radius 2 is 1.50 bits per heavy atom. The number of allylic oxidation sites excluding steroid dienone is 1. The van der Waals surface area contributed by atoms with E-state index >= 15 is 0 Å². The van der Waals surface area contributed by atoms with Crippen LogP contribution >= 0.6 is 23.2 Å². The van der Waals surface area contributed by atoms with Gasteiger partial charge < -0.3 is 0 Å². The van der Waals surface area contributed by atoms with E-state index in [2.05, 4.69) is 6.08 Å². The molecule has 8 heteroatoms. The van der Waals surface area contributed by atoms with Crippen molar-refractivity contribution in [1.82, 2.24) is 9.91 Å². The fraction of sp³-hybridized carbons (Fsp3) is 0.222. The van der Waals surface area contributed by atoms with Crippen molar-refractivity contribution in [3.05, 3.63) is 123 Å². The van der Waals surface area contributed by atoms with E-state index < -0.39 is 0 Å². The molecule has 2 heterocycles. The van der Waals surface area contributed by atoms with Gasteiger partial charge >= 0.3 is 0 Å². The number of hydrogen-bond acceptors (Lipinski definition) is 4. The van der Waals surface area contributed by atoms with E-state index in [1.165, 1.54) is 4.90 Å². The molecule has 1 saturated carbocycles. The third-order valence-electron chi connectivity index (χ3n) is 8.81. The van der Waals surface area contributed by atoms with E-state index in [0.29, 0.717) is 33.0 Å². The van der Waals surface area contributed by atoms with Gasteiger partial charge in [-0.25, -0.2) is 5.01 Å². The van der Waals surface area contributed by atoms with Gasteiger partial charge in [0.1, 0.15) is 0 Å². The SMILES string of the molecule is O=C1c2cccc3cccc(c23)C(=O)N1CCCC(=O)N1N=C2/C(=C/c3ccc(Cl)cc3)CCCC2C1c1ccc(Cl)cc1. The Bertz CT molecular complexity index is 1810. The van der Waals surface area contributed by atoms with E-state index in [4.69, 9.17) is 28.3 Å². The van der Waals surface area contributed by atoms with Crippen LogP contribution in [0.1, 0.15) is 70.0 Å². The standard InChI is InChI=1S/C36H29Cl2N3O3/c37-26-16-12-22(13-17-26)21-25-7-3-10-30-33(25)39-41(34(30)24-14-18-27(38)19-15-24)31(42)11-4-20-40-35(43)28-8-1-5-23-6-2-9-29(32(23)28)36(40)44/h1-2,5-6,8-9,12-19,21,30,34H,3-4,7,10-11,20H2/b25-21+. The van der Waals surface area contributed by atoms with Crippen LogP contribution in [0.4, 0.5) is 0 Å². The molecule has 44 heavy (non-hydrogen) atoms. The summed E-state index contributed by atoms with van der Waals surface area (Å²) < 4.78 is 0. The van der Waals surface area contributed by atoms with Gasteiger partial charge in [-0.1, -0.05) is 71.7 Å². The Labute approximate surface area is 265 Å². The zero-order valence-corrected chi connectivity index (χ0v) is 25.4. The Morgan fingerprint density at radius 3 is 2.16 bits per heavy atom. The Hall–Kier alpha value is -4.26. The van der Waals surface area contributed by atoms with E-state index in [1.807, 2.05) is 72.8 Å². The normalized spacial score (nSPS) is 20.3. The van der Waals surface area contributed by atoms with Gasteiger partial charge in [0.2, 0.25) is 5.91 Å². The summed E-state index contributed by atoms with van der Waals surface area (Å²) >= 11 is 12.3. The quantitative estimate of drug-likeness (QED) is 0.203. The van der Waals surface area contributed by atoms with E-state index in [-0.39, 0.29) is 42.6 Å². The summed E-state index contributed by atoms with van der Waals surface area (Å²) in [5.41, 5.74) is 5.10. The molecule has 4 aromatic carbocycles. The smallest absolute Gasteiger partial charge is 0.261 e. The molecule has 0 spiro atoms. The van der Waals surface area contributed by atoms with Crippen LogP contribution in [0, 0.1) is 5.92 Å². The first-order valence-corrected chi connectivity index (χ1v) is 15.6. The molecule has 220 valence electrons. The number of hydrogen-bond donors (Lipinski definition) is 0. The summed E-state index contributed by atoms with van der Waals surface area (Å²) in [5, 5.41) is 9.46. The second-order valence-corrected chi connectivity index (χ2v) is 12.4. The van der Waals surface area contributed by atoms with Crippen LogP contribution in [-0.2, 0) is 4.79 Å². The summed E-state index contributed by atoms with van der Waals surface area (Å²) in [6.07, 6.45) is 5.40. The Morgan fingerprint density at radius 1 is 0.864 bits per heavy atom. The van der Waals surface area contributed by atoms with Crippen molar-refractivity contribution in [1.29, 1.82) is 0 Å².